The van der Waals surface area contributed by atoms with Gasteiger partial charge < -0.3 is 13.9 Å². The number of fused-ring (bicyclic) bond motifs is 7. The van der Waals surface area contributed by atoms with Crippen molar-refractivity contribution in [3.05, 3.63) is 64.5 Å². The van der Waals surface area contributed by atoms with Crippen molar-refractivity contribution in [2.75, 3.05) is 0 Å². The third kappa shape index (κ3) is 2.33. The second-order valence-electron chi connectivity index (χ2n) is 6.94. The van der Waals surface area contributed by atoms with E-state index in [0.717, 1.165) is 51.8 Å². The minimum Gasteiger partial charge on any atom is -0.508 e. The Morgan fingerprint density at radius 3 is 2.63 bits per heavy atom. The Kier molecular flexibility index (Phi) is 3.47. The van der Waals surface area contributed by atoms with Gasteiger partial charge in [-0.25, -0.2) is 4.79 Å². The summed E-state index contributed by atoms with van der Waals surface area (Å²) in [5.74, 6) is 0.163. The molecule has 0 atom stereocenters. The van der Waals surface area contributed by atoms with Gasteiger partial charge in [0.05, 0.1) is 0 Å². The summed E-state index contributed by atoms with van der Waals surface area (Å²) >= 11 is 0. The minimum atomic E-state index is -0.529. The number of benzene rings is 3. The summed E-state index contributed by atoms with van der Waals surface area (Å²) in [7, 11) is 0. The molecule has 1 N–H and O–H groups in total. The lowest BCUT2D eigenvalue weighted by Crippen LogP contribution is -1.98. The maximum Gasteiger partial charge on any atom is 0.380 e. The molecule has 2 aromatic heterocycles. The average molecular weight is 358 g/mol. The first-order valence-electron chi connectivity index (χ1n) is 9.20. The predicted molar refractivity (Wildman–Crippen MR) is 108 cm³/mol. The minimum absolute atomic E-state index is 0.163. The molecule has 0 fully saturated rings. The van der Waals surface area contributed by atoms with E-state index in [0.29, 0.717) is 11.2 Å². The fourth-order valence-corrected chi connectivity index (χ4v) is 3.88. The zero-order chi connectivity index (χ0) is 18.5. The number of aryl methyl sites for hydroxylation is 1. The highest BCUT2D eigenvalue weighted by Crippen LogP contribution is 2.38. The van der Waals surface area contributed by atoms with Crippen molar-refractivity contribution < 1.29 is 13.9 Å². The Bertz CT molecular complexity index is 1390. The van der Waals surface area contributed by atoms with E-state index >= 15 is 0 Å². The van der Waals surface area contributed by atoms with Crippen LogP contribution in [0.25, 0.3) is 43.7 Å². The van der Waals surface area contributed by atoms with Gasteiger partial charge in [-0.1, -0.05) is 43.7 Å². The van der Waals surface area contributed by atoms with Crippen LogP contribution in [0.4, 0.5) is 0 Å². The number of phenols is 1. The van der Waals surface area contributed by atoms with Gasteiger partial charge in [0, 0.05) is 22.2 Å². The number of hydrogen-bond donors (Lipinski definition) is 1. The largest absolute Gasteiger partial charge is 0.508 e. The summed E-state index contributed by atoms with van der Waals surface area (Å²) < 4.78 is 11.3. The van der Waals surface area contributed by atoms with Crippen LogP contribution >= 0.6 is 0 Å². The van der Waals surface area contributed by atoms with Gasteiger partial charge in [-0.05, 0) is 41.3 Å². The Balaban J connectivity index is 2.00. The quantitative estimate of drug-likeness (QED) is 0.408. The van der Waals surface area contributed by atoms with Gasteiger partial charge in [-0.15, -0.1) is 0 Å². The monoisotopic (exact) mass is 358 g/mol. The first kappa shape index (κ1) is 15.9. The maximum atomic E-state index is 12.5. The third-order valence-electron chi connectivity index (χ3n) is 5.22. The van der Waals surface area contributed by atoms with Gasteiger partial charge in [0.1, 0.15) is 16.9 Å². The van der Waals surface area contributed by atoms with Crippen LogP contribution in [-0.4, -0.2) is 5.11 Å². The molecule has 0 amide bonds. The zero-order valence-corrected chi connectivity index (χ0v) is 14.9. The van der Waals surface area contributed by atoms with Crippen LogP contribution in [0.3, 0.4) is 0 Å². The molecule has 0 saturated carbocycles. The summed E-state index contributed by atoms with van der Waals surface area (Å²) in [6.07, 6.45) is 2.79. The normalized spacial score (nSPS) is 11.9. The number of furan rings is 1. The highest BCUT2D eigenvalue weighted by atomic mass is 16.4. The molecule has 27 heavy (non-hydrogen) atoms. The second-order valence-corrected chi connectivity index (χ2v) is 6.94. The molecule has 0 radical (unpaired) electrons. The van der Waals surface area contributed by atoms with Crippen molar-refractivity contribution in [1.29, 1.82) is 0 Å². The van der Waals surface area contributed by atoms with Crippen molar-refractivity contribution >= 4 is 43.7 Å². The van der Waals surface area contributed by atoms with Crippen LogP contribution in [0.5, 0.6) is 5.75 Å². The number of aromatic hydroxyl groups is 1. The zero-order valence-electron chi connectivity index (χ0n) is 14.9. The maximum absolute atomic E-state index is 12.5. The van der Waals surface area contributed by atoms with Gasteiger partial charge >= 0.3 is 5.63 Å². The van der Waals surface area contributed by atoms with Crippen LogP contribution < -0.4 is 5.63 Å². The number of hydrogen-bond acceptors (Lipinski definition) is 4. The van der Waals surface area contributed by atoms with Gasteiger partial charge in [0.25, 0.3) is 0 Å². The molecular formula is C23H18O4. The van der Waals surface area contributed by atoms with E-state index < -0.39 is 5.63 Å². The van der Waals surface area contributed by atoms with Crippen LogP contribution in [0, 0.1) is 0 Å². The number of rotatable bonds is 3. The van der Waals surface area contributed by atoms with E-state index in [9.17, 15) is 9.90 Å². The number of unbranched alkanes of at least 4 members (excludes halogenated alkanes) is 1. The van der Waals surface area contributed by atoms with Gasteiger partial charge in [-0.3, -0.25) is 0 Å². The Labute approximate surface area is 154 Å². The molecule has 5 rings (SSSR count). The van der Waals surface area contributed by atoms with E-state index in [1.807, 2.05) is 42.5 Å². The van der Waals surface area contributed by atoms with Crippen LogP contribution in [-0.2, 0) is 6.42 Å². The molecule has 0 bridgehead atoms. The highest BCUT2D eigenvalue weighted by Gasteiger charge is 2.19. The van der Waals surface area contributed by atoms with Crippen molar-refractivity contribution in [3.63, 3.8) is 0 Å². The van der Waals surface area contributed by atoms with E-state index in [-0.39, 0.29) is 11.3 Å². The molecule has 0 aliphatic carbocycles. The fraction of sp³-hybridized carbons (Fsp3) is 0.174. The Morgan fingerprint density at radius 2 is 1.78 bits per heavy atom. The van der Waals surface area contributed by atoms with Crippen molar-refractivity contribution in [3.8, 4) is 5.75 Å². The molecule has 134 valence electrons. The molecule has 0 unspecified atom stereocenters. The van der Waals surface area contributed by atoms with Crippen molar-refractivity contribution in [1.82, 2.24) is 0 Å². The van der Waals surface area contributed by atoms with E-state index in [4.69, 9.17) is 8.83 Å². The highest BCUT2D eigenvalue weighted by molar-refractivity contribution is 6.25. The molecular weight excluding hydrogens is 340 g/mol. The summed E-state index contributed by atoms with van der Waals surface area (Å²) in [4.78, 5) is 12.5. The lowest BCUT2D eigenvalue weighted by Gasteiger charge is -2.07. The predicted octanol–water partition coefficient (Wildman–Crippen LogP) is 5.89. The molecule has 4 heteroatoms. The van der Waals surface area contributed by atoms with Gasteiger partial charge in [0.2, 0.25) is 5.58 Å². The lowest BCUT2D eigenvalue weighted by molar-refractivity contribution is 0.464. The fourth-order valence-electron chi connectivity index (χ4n) is 3.88. The summed E-state index contributed by atoms with van der Waals surface area (Å²) in [5, 5.41) is 14.9. The standard InChI is InChI=1S/C23H18O4/c1-2-3-6-14-11-16-19(12-17(14)24)27-23(25)22-21(16)20-15-8-5-4-7-13(15)9-10-18(20)26-22/h4-5,7-12,24H,2-3,6H2,1H3. The first-order chi connectivity index (χ1) is 13.2. The van der Waals surface area contributed by atoms with Gasteiger partial charge in [0.15, 0.2) is 0 Å². The van der Waals surface area contributed by atoms with E-state index in [1.165, 1.54) is 0 Å². The Morgan fingerprint density at radius 1 is 0.926 bits per heavy atom. The molecule has 0 saturated heterocycles. The molecule has 0 spiro atoms. The summed E-state index contributed by atoms with van der Waals surface area (Å²) in [6.45, 7) is 2.12. The summed E-state index contributed by atoms with van der Waals surface area (Å²) in [5.41, 5.74) is 1.58. The topological polar surface area (TPSA) is 63.6 Å². The van der Waals surface area contributed by atoms with E-state index in [1.54, 1.807) is 6.07 Å². The van der Waals surface area contributed by atoms with Crippen molar-refractivity contribution in [2.24, 2.45) is 0 Å². The third-order valence-corrected chi connectivity index (χ3v) is 5.22. The Hall–Kier alpha value is -3.27. The second kappa shape index (κ2) is 5.88. The van der Waals surface area contributed by atoms with Crippen LogP contribution in [0.15, 0.2) is 62.2 Å². The summed E-state index contributed by atoms with van der Waals surface area (Å²) in [6, 6.07) is 15.4. The lowest BCUT2D eigenvalue weighted by atomic mass is 9.99. The van der Waals surface area contributed by atoms with Crippen LogP contribution in [0.2, 0.25) is 0 Å². The number of phenolic OH excluding ortho intramolecular Hbond substituents is 1. The molecule has 3 aromatic carbocycles. The molecule has 0 aliphatic heterocycles. The molecule has 5 aromatic rings. The molecule has 2 heterocycles. The SMILES string of the molecule is CCCCc1cc2c(cc1O)oc(=O)c1oc3ccc4ccccc4c3c12. The molecule has 0 aliphatic rings. The van der Waals surface area contributed by atoms with Crippen molar-refractivity contribution in [2.45, 2.75) is 26.2 Å². The molecule has 4 nitrogen and oxygen atoms in total. The first-order valence-corrected chi connectivity index (χ1v) is 9.20. The van der Waals surface area contributed by atoms with Gasteiger partial charge in [-0.2, -0.15) is 0 Å². The smallest absolute Gasteiger partial charge is 0.380 e. The average Bonchev–Trinajstić information content (AvgIpc) is 3.08. The van der Waals surface area contributed by atoms with E-state index in [2.05, 4.69) is 6.92 Å². The van der Waals surface area contributed by atoms with Crippen LogP contribution in [0.1, 0.15) is 25.3 Å².